The van der Waals surface area contributed by atoms with Gasteiger partial charge in [0.25, 0.3) is 0 Å². The number of carbonyl (C=O) groups is 2. The largest absolute Gasteiger partial charge is 0.465 e. The molecule has 1 N–H and O–H groups in total. The molecular formula is C19H26ClN3O4. The van der Waals surface area contributed by atoms with Crippen molar-refractivity contribution in [1.29, 1.82) is 5.26 Å². The van der Waals surface area contributed by atoms with E-state index in [4.69, 9.17) is 26.3 Å². The number of benzene rings is 1. The van der Waals surface area contributed by atoms with Crippen LogP contribution in [0.25, 0.3) is 0 Å². The summed E-state index contributed by atoms with van der Waals surface area (Å²) < 4.78 is 10.3. The Morgan fingerprint density at radius 1 is 1.33 bits per heavy atom. The van der Waals surface area contributed by atoms with Crippen LogP contribution in [0.2, 0.25) is 5.02 Å². The molecule has 0 saturated carbocycles. The molecule has 1 amide bonds. The standard InChI is InChI=1S/C19H26ClN3O4/c1-4-9-23(17(13-26-3)19(25)27-5-2)10-8-18(24)22-15-7-6-14(12-21)16(20)11-15/h6-7,11,17H,4-5,8-10,13H2,1-3H3,(H,22,24)/t17-/m0/s1. The van der Waals surface area contributed by atoms with Crippen molar-refractivity contribution in [3.8, 4) is 6.07 Å². The predicted molar refractivity (Wildman–Crippen MR) is 104 cm³/mol. The van der Waals surface area contributed by atoms with Crippen LogP contribution in [0.1, 0.15) is 32.3 Å². The Labute approximate surface area is 165 Å². The lowest BCUT2D eigenvalue weighted by atomic mass is 10.2. The Bertz CT molecular complexity index is 675. The SMILES string of the molecule is CCCN(CCC(=O)Nc1ccc(C#N)c(Cl)c1)[C@@H](COC)C(=O)OCC. The van der Waals surface area contributed by atoms with Gasteiger partial charge < -0.3 is 14.8 Å². The molecule has 0 aliphatic rings. The van der Waals surface area contributed by atoms with E-state index in [1.165, 1.54) is 13.2 Å². The minimum Gasteiger partial charge on any atom is -0.465 e. The lowest BCUT2D eigenvalue weighted by molar-refractivity contribution is -0.152. The van der Waals surface area contributed by atoms with E-state index < -0.39 is 6.04 Å². The number of carbonyl (C=O) groups excluding carboxylic acids is 2. The first-order chi connectivity index (χ1) is 13.0. The Morgan fingerprint density at radius 3 is 2.63 bits per heavy atom. The highest BCUT2D eigenvalue weighted by molar-refractivity contribution is 6.32. The average molecular weight is 396 g/mol. The molecule has 1 atom stereocenters. The molecule has 1 aromatic carbocycles. The number of rotatable bonds is 11. The fourth-order valence-electron chi connectivity index (χ4n) is 2.58. The maximum absolute atomic E-state index is 12.3. The zero-order chi connectivity index (χ0) is 20.2. The molecule has 27 heavy (non-hydrogen) atoms. The van der Waals surface area contributed by atoms with Gasteiger partial charge in [-0.25, -0.2) is 0 Å². The van der Waals surface area contributed by atoms with Crippen molar-refractivity contribution < 1.29 is 19.1 Å². The summed E-state index contributed by atoms with van der Waals surface area (Å²) in [6.07, 6.45) is 1.02. The second-order valence-electron chi connectivity index (χ2n) is 5.86. The van der Waals surface area contributed by atoms with E-state index in [1.807, 2.05) is 17.9 Å². The van der Waals surface area contributed by atoms with Gasteiger partial charge in [0.15, 0.2) is 0 Å². The summed E-state index contributed by atoms with van der Waals surface area (Å²) in [6.45, 7) is 5.27. The van der Waals surface area contributed by atoms with Gasteiger partial charge in [0.2, 0.25) is 5.91 Å². The van der Waals surface area contributed by atoms with Crippen LogP contribution >= 0.6 is 11.6 Å². The summed E-state index contributed by atoms with van der Waals surface area (Å²) in [5.74, 6) is -0.566. The van der Waals surface area contributed by atoms with Gasteiger partial charge in [0.1, 0.15) is 12.1 Å². The fraction of sp³-hybridized carbons (Fsp3) is 0.526. The molecule has 0 bridgehead atoms. The molecular weight excluding hydrogens is 370 g/mol. The Morgan fingerprint density at radius 2 is 2.07 bits per heavy atom. The quantitative estimate of drug-likeness (QED) is 0.579. The van der Waals surface area contributed by atoms with Crippen molar-refractivity contribution in [3.63, 3.8) is 0 Å². The van der Waals surface area contributed by atoms with Crippen molar-refractivity contribution in [1.82, 2.24) is 4.90 Å². The second-order valence-corrected chi connectivity index (χ2v) is 6.27. The maximum Gasteiger partial charge on any atom is 0.325 e. The number of hydrogen-bond acceptors (Lipinski definition) is 6. The molecule has 1 rings (SSSR count). The van der Waals surface area contributed by atoms with Crippen LogP contribution in [0.3, 0.4) is 0 Å². The van der Waals surface area contributed by atoms with Crippen LogP contribution in [0.15, 0.2) is 18.2 Å². The highest BCUT2D eigenvalue weighted by Gasteiger charge is 2.27. The van der Waals surface area contributed by atoms with E-state index >= 15 is 0 Å². The molecule has 0 radical (unpaired) electrons. The second kappa shape index (κ2) is 12.3. The van der Waals surface area contributed by atoms with E-state index in [2.05, 4.69) is 5.32 Å². The van der Waals surface area contributed by atoms with Crippen LogP contribution in [0.4, 0.5) is 5.69 Å². The van der Waals surface area contributed by atoms with Gasteiger partial charge in [0, 0.05) is 25.8 Å². The molecule has 0 heterocycles. The molecule has 0 aliphatic heterocycles. The van der Waals surface area contributed by atoms with Crippen LogP contribution in [0.5, 0.6) is 0 Å². The molecule has 148 valence electrons. The highest BCUT2D eigenvalue weighted by atomic mass is 35.5. The number of methoxy groups -OCH3 is 1. The van der Waals surface area contributed by atoms with Crippen LogP contribution in [0, 0.1) is 11.3 Å². The van der Waals surface area contributed by atoms with Crippen LogP contribution in [-0.4, -0.2) is 56.2 Å². The minimum atomic E-state index is -0.549. The average Bonchev–Trinajstić information content (AvgIpc) is 2.63. The third-order valence-corrected chi connectivity index (χ3v) is 4.15. The van der Waals surface area contributed by atoms with Crippen LogP contribution in [-0.2, 0) is 19.1 Å². The van der Waals surface area contributed by atoms with E-state index in [1.54, 1.807) is 19.1 Å². The molecule has 1 aromatic rings. The molecule has 8 heteroatoms. The Balaban J connectivity index is 2.71. The van der Waals surface area contributed by atoms with Crippen molar-refractivity contribution in [2.45, 2.75) is 32.7 Å². The van der Waals surface area contributed by atoms with Crippen molar-refractivity contribution in [2.24, 2.45) is 0 Å². The molecule has 0 fully saturated rings. The van der Waals surface area contributed by atoms with Gasteiger partial charge in [0.05, 0.1) is 23.8 Å². The smallest absolute Gasteiger partial charge is 0.325 e. The minimum absolute atomic E-state index is 0.192. The fourth-order valence-corrected chi connectivity index (χ4v) is 2.80. The molecule has 0 unspecified atom stereocenters. The van der Waals surface area contributed by atoms with Crippen molar-refractivity contribution >= 4 is 29.2 Å². The highest BCUT2D eigenvalue weighted by Crippen LogP contribution is 2.20. The number of nitrogens with one attached hydrogen (secondary N) is 1. The Hall–Kier alpha value is -2.14. The topological polar surface area (TPSA) is 91.7 Å². The first-order valence-corrected chi connectivity index (χ1v) is 9.23. The maximum atomic E-state index is 12.3. The third-order valence-electron chi connectivity index (χ3n) is 3.83. The Kier molecular flexibility index (Phi) is 10.4. The summed E-state index contributed by atoms with van der Waals surface area (Å²) in [5, 5.41) is 11.9. The number of halogens is 1. The van der Waals surface area contributed by atoms with Gasteiger partial charge in [-0.2, -0.15) is 5.26 Å². The zero-order valence-electron chi connectivity index (χ0n) is 16.0. The summed E-state index contributed by atoms with van der Waals surface area (Å²) >= 11 is 5.98. The number of anilines is 1. The molecule has 0 spiro atoms. The number of amides is 1. The third kappa shape index (κ3) is 7.55. The van der Waals surface area contributed by atoms with Gasteiger partial charge in [-0.1, -0.05) is 18.5 Å². The number of hydrogen-bond donors (Lipinski definition) is 1. The first-order valence-electron chi connectivity index (χ1n) is 8.85. The number of ether oxygens (including phenoxy) is 2. The van der Waals surface area contributed by atoms with E-state index in [0.29, 0.717) is 30.9 Å². The molecule has 0 saturated heterocycles. The summed E-state index contributed by atoms with van der Waals surface area (Å²) in [5.41, 5.74) is 0.866. The summed E-state index contributed by atoms with van der Waals surface area (Å²) in [7, 11) is 1.53. The van der Waals surface area contributed by atoms with E-state index in [9.17, 15) is 9.59 Å². The van der Waals surface area contributed by atoms with E-state index in [0.717, 1.165) is 6.42 Å². The first kappa shape index (κ1) is 22.9. The number of esters is 1. The van der Waals surface area contributed by atoms with Crippen molar-refractivity contribution in [2.75, 3.05) is 38.7 Å². The normalized spacial score (nSPS) is 11.7. The lowest BCUT2D eigenvalue weighted by Crippen LogP contribution is -2.46. The lowest BCUT2D eigenvalue weighted by Gasteiger charge is -2.29. The van der Waals surface area contributed by atoms with Gasteiger partial charge in [-0.15, -0.1) is 0 Å². The number of nitriles is 1. The summed E-state index contributed by atoms with van der Waals surface area (Å²) in [4.78, 5) is 26.4. The van der Waals surface area contributed by atoms with Gasteiger partial charge in [-0.05, 0) is 38.1 Å². The monoisotopic (exact) mass is 395 g/mol. The van der Waals surface area contributed by atoms with Crippen LogP contribution < -0.4 is 5.32 Å². The predicted octanol–water partition coefficient (Wildman–Crippen LogP) is 2.83. The summed E-state index contributed by atoms with van der Waals surface area (Å²) in [6, 6.07) is 6.13. The van der Waals surface area contributed by atoms with Gasteiger partial charge in [-0.3, -0.25) is 14.5 Å². The molecule has 7 nitrogen and oxygen atoms in total. The van der Waals surface area contributed by atoms with Crippen molar-refractivity contribution in [3.05, 3.63) is 28.8 Å². The zero-order valence-corrected chi connectivity index (χ0v) is 16.7. The number of nitrogens with zero attached hydrogens (tertiary/aromatic N) is 2. The molecule has 0 aromatic heterocycles. The van der Waals surface area contributed by atoms with E-state index in [-0.39, 0.29) is 29.9 Å². The molecule has 0 aliphatic carbocycles. The van der Waals surface area contributed by atoms with Gasteiger partial charge >= 0.3 is 5.97 Å².